The minimum absolute atomic E-state index is 0.0615. The summed E-state index contributed by atoms with van der Waals surface area (Å²) in [7, 11) is 1.57. The topological polar surface area (TPSA) is 57.5 Å². The molecule has 0 aliphatic carbocycles. The third-order valence-electron chi connectivity index (χ3n) is 3.12. The number of ether oxygens (including phenoxy) is 2. The number of benzene rings is 1. The van der Waals surface area contributed by atoms with E-state index in [4.69, 9.17) is 9.47 Å². The number of carbonyl (C=O) groups is 1. The molecule has 20 heavy (non-hydrogen) atoms. The normalized spacial score (nSPS) is 10.6. The highest BCUT2D eigenvalue weighted by molar-refractivity contribution is 5.94. The summed E-state index contributed by atoms with van der Waals surface area (Å²) in [5.74, 6) is 0.0837. The molecule has 1 aromatic heterocycles. The van der Waals surface area contributed by atoms with E-state index >= 15 is 0 Å². The number of fused-ring (bicyclic) bond motifs is 1. The van der Waals surface area contributed by atoms with Gasteiger partial charge in [-0.25, -0.2) is 4.79 Å². The van der Waals surface area contributed by atoms with Crippen LogP contribution in [-0.4, -0.2) is 24.3 Å². The van der Waals surface area contributed by atoms with Gasteiger partial charge in [-0.15, -0.1) is 0 Å². The number of nitrogens with zero attached hydrogens (tertiary/aromatic N) is 1. The SMILES string of the molecule is CCOC(=O)c1cn(CC)c2cc(OC)ccc2c1=O. The first-order valence-corrected chi connectivity index (χ1v) is 6.50. The zero-order chi connectivity index (χ0) is 14.7. The maximum absolute atomic E-state index is 12.4. The van der Waals surface area contributed by atoms with E-state index < -0.39 is 5.97 Å². The molecular formula is C15H17NO4. The van der Waals surface area contributed by atoms with Crippen LogP contribution in [0.25, 0.3) is 10.9 Å². The van der Waals surface area contributed by atoms with Crippen molar-refractivity contribution in [3.05, 3.63) is 40.2 Å². The quantitative estimate of drug-likeness (QED) is 0.803. The first-order chi connectivity index (χ1) is 9.62. The van der Waals surface area contributed by atoms with Gasteiger partial charge in [0.05, 0.1) is 19.2 Å². The molecular weight excluding hydrogens is 258 g/mol. The van der Waals surface area contributed by atoms with Gasteiger partial charge in [0.25, 0.3) is 0 Å². The minimum atomic E-state index is -0.586. The Hall–Kier alpha value is -2.30. The zero-order valence-electron chi connectivity index (χ0n) is 11.8. The molecule has 0 N–H and O–H groups in total. The van der Waals surface area contributed by atoms with Gasteiger partial charge in [-0.1, -0.05) is 0 Å². The molecule has 1 heterocycles. The van der Waals surface area contributed by atoms with Gasteiger partial charge in [0.15, 0.2) is 0 Å². The van der Waals surface area contributed by atoms with E-state index in [2.05, 4.69) is 0 Å². The van der Waals surface area contributed by atoms with Crippen LogP contribution in [0.5, 0.6) is 5.75 Å². The van der Waals surface area contributed by atoms with Gasteiger partial charge in [0.1, 0.15) is 11.3 Å². The Morgan fingerprint density at radius 1 is 1.30 bits per heavy atom. The van der Waals surface area contributed by atoms with E-state index in [1.165, 1.54) is 0 Å². The lowest BCUT2D eigenvalue weighted by atomic mass is 10.1. The number of rotatable bonds is 4. The average Bonchev–Trinajstić information content (AvgIpc) is 2.47. The van der Waals surface area contributed by atoms with Gasteiger partial charge < -0.3 is 14.0 Å². The van der Waals surface area contributed by atoms with Crippen molar-refractivity contribution in [3.8, 4) is 5.75 Å². The fourth-order valence-electron chi connectivity index (χ4n) is 2.11. The van der Waals surface area contributed by atoms with E-state index in [0.29, 0.717) is 17.7 Å². The van der Waals surface area contributed by atoms with E-state index in [1.54, 1.807) is 38.4 Å². The predicted molar refractivity (Wildman–Crippen MR) is 76.4 cm³/mol. The fourth-order valence-corrected chi connectivity index (χ4v) is 2.11. The molecule has 0 aliphatic rings. The van der Waals surface area contributed by atoms with Crippen molar-refractivity contribution >= 4 is 16.9 Å². The molecule has 0 amide bonds. The Bertz CT molecular complexity index is 703. The molecule has 2 aromatic rings. The lowest BCUT2D eigenvalue weighted by Gasteiger charge is -2.12. The van der Waals surface area contributed by atoms with Gasteiger partial charge in [0, 0.05) is 24.2 Å². The zero-order valence-corrected chi connectivity index (χ0v) is 11.8. The molecule has 0 saturated heterocycles. The van der Waals surface area contributed by atoms with Crippen molar-refractivity contribution in [1.29, 1.82) is 0 Å². The summed E-state index contributed by atoms with van der Waals surface area (Å²) in [6, 6.07) is 5.17. The van der Waals surface area contributed by atoms with Crippen molar-refractivity contribution in [1.82, 2.24) is 4.57 Å². The van der Waals surface area contributed by atoms with Crippen LogP contribution in [0.3, 0.4) is 0 Å². The Morgan fingerprint density at radius 2 is 2.05 bits per heavy atom. The Labute approximate surface area is 116 Å². The summed E-state index contributed by atoms with van der Waals surface area (Å²) in [6.07, 6.45) is 1.54. The number of carbonyl (C=O) groups excluding carboxylic acids is 1. The summed E-state index contributed by atoms with van der Waals surface area (Å²) in [6.45, 7) is 4.53. The molecule has 0 fully saturated rings. The molecule has 2 rings (SSSR count). The summed E-state index contributed by atoms with van der Waals surface area (Å²) in [5.41, 5.74) is 0.488. The second-order valence-corrected chi connectivity index (χ2v) is 4.26. The third-order valence-corrected chi connectivity index (χ3v) is 3.12. The van der Waals surface area contributed by atoms with Gasteiger partial charge in [-0.3, -0.25) is 4.79 Å². The van der Waals surface area contributed by atoms with Crippen LogP contribution in [0, 0.1) is 0 Å². The Morgan fingerprint density at radius 3 is 2.65 bits per heavy atom. The van der Waals surface area contributed by atoms with Crippen molar-refractivity contribution in [2.45, 2.75) is 20.4 Å². The molecule has 106 valence electrons. The lowest BCUT2D eigenvalue weighted by molar-refractivity contribution is 0.0524. The van der Waals surface area contributed by atoms with Crippen LogP contribution >= 0.6 is 0 Å². The molecule has 5 nitrogen and oxygen atoms in total. The standard InChI is InChI=1S/C15H17NO4/c1-4-16-9-12(15(18)20-5-2)14(17)11-7-6-10(19-3)8-13(11)16/h6-9H,4-5H2,1-3H3. The number of methoxy groups -OCH3 is 1. The second kappa shape index (κ2) is 5.77. The van der Waals surface area contributed by atoms with Gasteiger partial charge in [-0.2, -0.15) is 0 Å². The molecule has 0 spiro atoms. The van der Waals surface area contributed by atoms with Crippen molar-refractivity contribution in [2.24, 2.45) is 0 Å². The van der Waals surface area contributed by atoms with Crippen LogP contribution in [0.1, 0.15) is 24.2 Å². The predicted octanol–water partition coefficient (Wildman–Crippen LogP) is 2.21. The van der Waals surface area contributed by atoms with E-state index in [9.17, 15) is 9.59 Å². The van der Waals surface area contributed by atoms with Crippen LogP contribution < -0.4 is 10.2 Å². The first kappa shape index (κ1) is 14.1. The molecule has 0 saturated carbocycles. The van der Waals surface area contributed by atoms with E-state index in [1.807, 2.05) is 11.5 Å². The van der Waals surface area contributed by atoms with Gasteiger partial charge in [0.2, 0.25) is 5.43 Å². The van der Waals surface area contributed by atoms with Crippen LogP contribution in [0.15, 0.2) is 29.2 Å². The minimum Gasteiger partial charge on any atom is -0.497 e. The highest BCUT2D eigenvalue weighted by atomic mass is 16.5. The average molecular weight is 275 g/mol. The van der Waals surface area contributed by atoms with E-state index in [0.717, 1.165) is 5.52 Å². The van der Waals surface area contributed by atoms with E-state index in [-0.39, 0.29) is 17.6 Å². The number of hydrogen-bond donors (Lipinski definition) is 0. The highest BCUT2D eigenvalue weighted by Crippen LogP contribution is 2.19. The summed E-state index contributed by atoms with van der Waals surface area (Å²) >= 11 is 0. The largest absolute Gasteiger partial charge is 0.497 e. The molecule has 0 aliphatic heterocycles. The first-order valence-electron chi connectivity index (χ1n) is 6.50. The smallest absolute Gasteiger partial charge is 0.343 e. The lowest BCUT2D eigenvalue weighted by Crippen LogP contribution is -2.20. The highest BCUT2D eigenvalue weighted by Gasteiger charge is 2.16. The molecule has 5 heteroatoms. The van der Waals surface area contributed by atoms with Crippen LogP contribution in [0.2, 0.25) is 0 Å². The van der Waals surface area contributed by atoms with Crippen molar-refractivity contribution in [3.63, 3.8) is 0 Å². The summed E-state index contributed by atoms with van der Waals surface area (Å²) in [5, 5.41) is 0.484. The summed E-state index contributed by atoms with van der Waals surface area (Å²) < 4.78 is 11.9. The fraction of sp³-hybridized carbons (Fsp3) is 0.333. The third kappa shape index (κ3) is 2.39. The number of aryl methyl sites for hydroxylation is 1. The Balaban J connectivity index is 2.73. The molecule has 0 atom stereocenters. The maximum Gasteiger partial charge on any atom is 0.343 e. The number of pyridine rings is 1. The number of aromatic nitrogens is 1. The maximum atomic E-state index is 12.4. The van der Waals surface area contributed by atoms with Gasteiger partial charge >= 0.3 is 5.97 Å². The second-order valence-electron chi connectivity index (χ2n) is 4.26. The molecule has 0 unspecified atom stereocenters. The molecule has 0 radical (unpaired) electrons. The summed E-state index contributed by atoms with van der Waals surface area (Å²) in [4.78, 5) is 24.2. The monoisotopic (exact) mass is 275 g/mol. The van der Waals surface area contributed by atoms with Crippen LogP contribution in [0.4, 0.5) is 0 Å². The van der Waals surface area contributed by atoms with Crippen molar-refractivity contribution < 1.29 is 14.3 Å². The van der Waals surface area contributed by atoms with Crippen LogP contribution in [-0.2, 0) is 11.3 Å². The molecule has 1 aromatic carbocycles. The molecule has 0 bridgehead atoms. The number of hydrogen-bond acceptors (Lipinski definition) is 4. The van der Waals surface area contributed by atoms with Crippen molar-refractivity contribution in [2.75, 3.05) is 13.7 Å². The number of esters is 1. The Kier molecular flexibility index (Phi) is 4.08. The van der Waals surface area contributed by atoms with Gasteiger partial charge in [-0.05, 0) is 26.0 Å².